The molecule has 1 aliphatic rings. The van der Waals surface area contributed by atoms with Crippen molar-refractivity contribution in [2.45, 2.75) is 40.2 Å². The van der Waals surface area contributed by atoms with Crippen LogP contribution in [-0.2, 0) is 6.54 Å². The van der Waals surface area contributed by atoms with Crippen LogP contribution in [0.1, 0.15) is 45.2 Å². The second-order valence-electron chi connectivity index (χ2n) is 8.03. The molecular formula is C23H28N4OS. The number of likely N-dealkylation sites (tertiary alicyclic amines) is 1. The fraction of sp³-hybridized carbons (Fsp3) is 0.435. The van der Waals surface area contributed by atoms with Crippen LogP contribution in [0.15, 0.2) is 30.3 Å². The lowest BCUT2D eigenvalue weighted by Crippen LogP contribution is -2.40. The third kappa shape index (κ3) is 4.49. The van der Waals surface area contributed by atoms with Crippen molar-refractivity contribution in [3.8, 4) is 0 Å². The SMILES string of the molecule is Cc1nc(C)c2c(C)c(C(=O)NCC3CCCN(Cc4ccccc4)C3)sc2n1. The Morgan fingerprint density at radius 3 is 2.79 bits per heavy atom. The van der Waals surface area contributed by atoms with Gasteiger partial charge in [0.05, 0.1) is 4.88 Å². The molecule has 0 radical (unpaired) electrons. The molecule has 29 heavy (non-hydrogen) atoms. The number of benzene rings is 1. The Kier molecular flexibility index (Phi) is 5.92. The smallest absolute Gasteiger partial charge is 0.261 e. The Morgan fingerprint density at radius 2 is 2.00 bits per heavy atom. The van der Waals surface area contributed by atoms with E-state index in [9.17, 15) is 4.79 Å². The molecule has 3 heterocycles. The van der Waals surface area contributed by atoms with Gasteiger partial charge in [-0.15, -0.1) is 11.3 Å². The van der Waals surface area contributed by atoms with Gasteiger partial charge in [-0.25, -0.2) is 9.97 Å². The van der Waals surface area contributed by atoms with E-state index in [1.165, 1.54) is 29.7 Å². The van der Waals surface area contributed by atoms with Crippen LogP contribution >= 0.6 is 11.3 Å². The van der Waals surface area contributed by atoms with E-state index in [1.807, 2.05) is 20.8 Å². The second kappa shape index (κ2) is 8.59. The van der Waals surface area contributed by atoms with E-state index in [0.29, 0.717) is 5.92 Å². The molecule has 0 aliphatic carbocycles. The average Bonchev–Trinajstić information content (AvgIpc) is 3.04. The Labute approximate surface area is 176 Å². The summed E-state index contributed by atoms with van der Waals surface area (Å²) in [5.74, 6) is 1.27. The summed E-state index contributed by atoms with van der Waals surface area (Å²) in [5.41, 5.74) is 3.29. The fourth-order valence-electron chi connectivity index (χ4n) is 4.31. The zero-order valence-corrected chi connectivity index (χ0v) is 18.2. The van der Waals surface area contributed by atoms with E-state index in [0.717, 1.165) is 58.4 Å². The highest BCUT2D eigenvalue weighted by Crippen LogP contribution is 2.31. The molecule has 1 N–H and O–H groups in total. The Bertz CT molecular complexity index is 1010. The number of carbonyl (C=O) groups is 1. The fourth-order valence-corrected chi connectivity index (χ4v) is 5.50. The highest BCUT2D eigenvalue weighted by atomic mass is 32.1. The lowest BCUT2D eigenvalue weighted by Gasteiger charge is -2.32. The minimum atomic E-state index is 0.0164. The first-order chi connectivity index (χ1) is 14.0. The number of nitrogens with one attached hydrogen (secondary N) is 1. The van der Waals surface area contributed by atoms with E-state index < -0.39 is 0 Å². The molecule has 2 aromatic heterocycles. The molecule has 6 heteroatoms. The van der Waals surface area contributed by atoms with Crippen molar-refractivity contribution < 1.29 is 4.79 Å². The van der Waals surface area contributed by atoms with Gasteiger partial charge in [0.25, 0.3) is 5.91 Å². The van der Waals surface area contributed by atoms with Crippen LogP contribution in [0, 0.1) is 26.7 Å². The lowest BCUT2D eigenvalue weighted by atomic mass is 9.97. The summed E-state index contributed by atoms with van der Waals surface area (Å²) in [7, 11) is 0. The molecule has 1 unspecified atom stereocenters. The summed E-state index contributed by atoms with van der Waals surface area (Å²) in [5, 5.41) is 4.21. The van der Waals surface area contributed by atoms with E-state index in [2.05, 4.69) is 50.5 Å². The number of carbonyl (C=O) groups excluding carboxylic acids is 1. The predicted molar refractivity (Wildman–Crippen MR) is 118 cm³/mol. The van der Waals surface area contributed by atoms with Crippen molar-refractivity contribution in [3.63, 3.8) is 0 Å². The van der Waals surface area contributed by atoms with E-state index in [1.54, 1.807) is 0 Å². The molecule has 152 valence electrons. The summed E-state index contributed by atoms with van der Waals surface area (Å²) in [6, 6.07) is 10.6. The van der Waals surface area contributed by atoms with Crippen molar-refractivity contribution in [1.82, 2.24) is 20.2 Å². The minimum absolute atomic E-state index is 0.0164. The number of hydrogen-bond acceptors (Lipinski definition) is 5. The van der Waals surface area contributed by atoms with Gasteiger partial charge in [-0.3, -0.25) is 9.69 Å². The first-order valence-electron chi connectivity index (χ1n) is 10.3. The number of aryl methyl sites for hydroxylation is 3. The van der Waals surface area contributed by atoms with Crippen molar-refractivity contribution in [2.24, 2.45) is 5.92 Å². The Balaban J connectivity index is 1.39. The Hall–Kier alpha value is -2.31. The molecule has 0 saturated carbocycles. The number of thiophene rings is 1. The predicted octanol–water partition coefficient (Wildman–Crippen LogP) is 4.26. The van der Waals surface area contributed by atoms with Crippen LogP contribution in [-0.4, -0.2) is 40.4 Å². The monoisotopic (exact) mass is 408 g/mol. The van der Waals surface area contributed by atoms with E-state index in [-0.39, 0.29) is 5.91 Å². The molecular weight excluding hydrogens is 380 g/mol. The third-order valence-corrected chi connectivity index (χ3v) is 6.88. The largest absolute Gasteiger partial charge is 0.351 e. The Morgan fingerprint density at radius 1 is 1.21 bits per heavy atom. The van der Waals surface area contributed by atoms with Crippen molar-refractivity contribution in [2.75, 3.05) is 19.6 Å². The van der Waals surface area contributed by atoms with Crippen LogP contribution in [0.25, 0.3) is 10.2 Å². The second-order valence-corrected chi connectivity index (χ2v) is 9.03. The summed E-state index contributed by atoms with van der Waals surface area (Å²) in [6.45, 7) is 9.75. The van der Waals surface area contributed by atoms with Gasteiger partial charge in [0.1, 0.15) is 10.7 Å². The summed E-state index contributed by atoms with van der Waals surface area (Å²) in [4.78, 5) is 26.0. The number of fused-ring (bicyclic) bond motifs is 1. The maximum Gasteiger partial charge on any atom is 0.261 e. The minimum Gasteiger partial charge on any atom is -0.351 e. The molecule has 5 nitrogen and oxygen atoms in total. The quantitative estimate of drug-likeness (QED) is 0.685. The van der Waals surface area contributed by atoms with Gasteiger partial charge in [0, 0.05) is 30.7 Å². The first-order valence-corrected chi connectivity index (χ1v) is 11.1. The maximum absolute atomic E-state index is 12.9. The highest BCUT2D eigenvalue weighted by Gasteiger charge is 2.23. The normalized spacial score (nSPS) is 17.6. The number of rotatable bonds is 5. The molecule has 1 amide bonds. The van der Waals surface area contributed by atoms with Crippen molar-refractivity contribution in [3.05, 3.63) is 57.9 Å². The highest BCUT2D eigenvalue weighted by molar-refractivity contribution is 7.20. The van der Waals surface area contributed by atoms with E-state index in [4.69, 9.17) is 0 Å². The van der Waals surface area contributed by atoms with Gasteiger partial charge >= 0.3 is 0 Å². The average molecular weight is 409 g/mol. The summed E-state index contributed by atoms with van der Waals surface area (Å²) < 4.78 is 0. The van der Waals surface area contributed by atoms with E-state index >= 15 is 0 Å². The molecule has 4 rings (SSSR count). The number of hydrogen-bond donors (Lipinski definition) is 1. The molecule has 1 aromatic carbocycles. The standard InChI is InChI=1S/C23H28N4OS/c1-15-20-16(2)25-17(3)26-23(20)29-21(15)22(28)24-12-19-10-7-11-27(14-19)13-18-8-5-4-6-9-18/h4-6,8-9,19H,7,10-14H2,1-3H3,(H,24,28). The number of piperidine rings is 1. The molecule has 1 saturated heterocycles. The number of aromatic nitrogens is 2. The molecule has 1 aliphatic heterocycles. The van der Waals surface area contributed by atoms with Gasteiger partial charge in [-0.1, -0.05) is 30.3 Å². The molecule has 1 fully saturated rings. The zero-order chi connectivity index (χ0) is 20.4. The molecule has 0 bridgehead atoms. The molecule has 0 spiro atoms. The summed E-state index contributed by atoms with van der Waals surface area (Å²) in [6.07, 6.45) is 2.35. The third-order valence-electron chi connectivity index (χ3n) is 5.69. The van der Waals surface area contributed by atoms with Crippen LogP contribution in [0.3, 0.4) is 0 Å². The van der Waals surface area contributed by atoms with Crippen LogP contribution < -0.4 is 5.32 Å². The van der Waals surface area contributed by atoms with Gasteiger partial charge in [-0.2, -0.15) is 0 Å². The van der Waals surface area contributed by atoms with Crippen LogP contribution in [0.2, 0.25) is 0 Å². The van der Waals surface area contributed by atoms with Gasteiger partial charge in [0.2, 0.25) is 0 Å². The maximum atomic E-state index is 12.9. The van der Waals surface area contributed by atoms with Crippen molar-refractivity contribution in [1.29, 1.82) is 0 Å². The van der Waals surface area contributed by atoms with Gasteiger partial charge in [0.15, 0.2) is 0 Å². The van der Waals surface area contributed by atoms with Crippen molar-refractivity contribution >= 4 is 27.5 Å². The first kappa shape index (κ1) is 20.0. The zero-order valence-electron chi connectivity index (χ0n) is 17.4. The van der Waals surface area contributed by atoms with Gasteiger partial charge in [-0.05, 0) is 57.2 Å². The summed E-state index contributed by atoms with van der Waals surface area (Å²) >= 11 is 1.48. The number of nitrogens with zero attached hydrogens (tertiary/aromatic N) is 3. The lowest BCUT2D eigenvalue weighted by molar-refractivity contribution is 0.0934. The topological polar surface area (TPSA) is 58.1 Å². The molecule has 3 aromatic rings. The van der Waals surface area contributed by atoms with Crippen LogP contribution in [0.5, 0.6) is 0 Å². The van der Waals surface area contributed by atoms with Crippen LogP contribution in [0.4, 0.5) is 0 Å². The molecule has 1 atom stereocenters. The van der Waals surface area contributed by atoms with Gasteiger partial charge < -0.3 is 5.32 Å². The number of amides is 1.